The van der Waals surface area contributed by atoms with E-state index < -0.39 is 10.0 Å². The predicted molar refractivity (Wildman–Crippen MR) is 108 cm³/mol. The highest BCUT2D eigenvalue weighted by Gasteiger charge is 2.25. The van der Waals surface area contributed by atoms with Crippen molar-refractivity contribution in [3.05, 3.63) is 46.2 Å². The Bertz CT molecular complexity index is 860. The predicted octanol–water partition coefficient (Wildman–Crippen LogP) is 3.57. The zero-order valence-corrected chi connectivity index (χ0v) is 17.6. The third-order valence-corrected chi connectivity index (χ3v) is 7.03. The van der Waals surface area contributed by atoms with Crippen LogP contribution in [-0.2, 0) is 10.0 Å². The van der Waals surface area contributed by atoms with Crippen molar-refractivity contribution < 1.29 is 17.9 Å². The highest BCUT2D eigenvalue weighted by molar-refractivity contribution is 7.89. The van der Waals surface area contributed by atoms with Crippen LogP contribution in [0, 0.1) is 5.92 Å². The average Bonchev–Trinajstić information content (AvgIpc) is 3.21. The van der Waals surface area contributed by atoms with Crippen molar-refractivity contribution in [1.82, 2.24) is 10.0 Å². The summed E-state index contributed by atoms with van der Waals surface area (Å²) < 4.78 is 31.9. The van der Waals surface area contributed by atoms with Crippen LogP contribution in [0.1, 0.15) is 48.0 Å². The molecule has 148 valence electrons. The van der Waals surface area contributed by atoms with E-state index in [9.17, 15) is 13.2 Å². The third kappa shape index (κ3) is 4.88. The van der Waals surface area contributed by atoms with Gasteiger partial charge in [-0.25, -0.2) is 13.1 Å². The molecule has 0 saturated heterocycles. The summed E-state index contributed by atoms with van der Waals surface area (Å²) in [6, 6.07) is 8.28. The molecule has 1 heterocycles. The second-order valence-corrected chi connectivity index (χ2v) is 8.95. The van der Waals surface area contributed by atoms with Gasteiger partial charge in [0.15, 0.2) is 0 Å². The minimum absolute atomic E-state index is 0.0599. The highest BCUT2D eigenvalue weighted by atomic mass is 32.2. The first-order valence-corrected chi connectivity index (χ1v) is 11.2. The third-order valence-electron chi connectivity index (χ3n) is 4.64. The Hall–Kier alpha value is -1.90. The lowest BCUT2D eigenvalue weighted by atomic mass is 9.92. The zero-order chi connectivity index (χ0) is 20.0. The number of thiophene rings is 1. The van der Waals surface area contributed by atoms with Crippen LogP contribution >= 0.6 is 11.3 Å². The first-order valence-electron chi connectivity index (χ1n) is 8.83. The maximum Gasteiger partial charge on any atom is 0.251 e. The number of nitrogens with one attached hydrogen (secondary N) is 2. The number of carbonyl (C=O) groups excluding carboxylic acids is 1. The van der Waals surface area contributed by atoms with Crippen molar-refractivity contribution in [3.63, 3.8) is 0 Å². The van der Waals surface area contributed by atoms with Crippen LogP contribution in [0.25, 0.3) is 0 Å². The molecular formula is C19H26N2O4S2. The van der Waals surface area contributed by atoms with Crippen molar-refractivity contribution in [2.75, 3.05) is 14.2 Å². The van der Waals surface area contributed by atoms with Gasteiger partial charge in [0.25, 0.3) is 5.91 Å². The van der Waals surface area contributed by atoms with Crippen LogP contribution in [0.4, 0.5) is 0 Å². The molecule has 0 spiro atoms. The first-order chi connectivity index (χ1) is 12.9. The number of hydrogen-bond donors (Lipinski definition) is 2. The Labute approximate surface area is 165 Å². The Morgan fingerprint density at radius 3 is 2.44 bits per heavy atom. The van der Waals surface area contributed by atoms with E-state index in [0.29, 0.717) is 5.92 Å². The lowest BCUT2D eigenvalue weighted by molar-refractivity contribution is 0.0920. The number of methoxy groups -OCH3 is 1. The van der Waals surface area contributed by atoms with Crippen LogP contribution < -0.4 is 14.8 Å². The summed E-state index contributed by atoms with van der Waals surface area (Å²) in [6.45, 7) is 4.21. The quantitative estimate of drug-likeness (QED) is 0.662. The standard InChI is InChI=1S/C19H26N2O4S2/c1-5-13(6-2)18(16-8-7-11-26-16)21-19(22)14-9-10-15(25-4)17(12-14)27(23,24)20-3/h7-13,18,20H,5-6H2,1-4H3,(H,21,22). The molecule has 6 nitrogen and oxygen atoms in total. The lowest BCUT2D eigenvalue weighted by Crippen LogP contribution is -2.33. The van der Waals surface area contributed by atoms with Gasteiger partial charge in [-0.05, 0) is 42.6 Å². The van der Waals surface area contributed by atoms with Crippen molar-refractivity contribution in [1.29, 1.82) is 0 Å². The topological polar surface area (TPSA) is 84.5 Å². The molecule has 2 aromatic rings. The fourth-order valence-corrected chi connectivity index (χ4v) is 4.80. The molecule has 1 atom stereocenters. The smallest absolute Gasteiger partial charge is 0.251 e. The second-order valence-electron chi connectivity index (χ2n) is 6.12. The minimum atomic E-state index is -3.75. The van der Waals surface area contributed by atoms with Gasteiger partial charge >= 0.3 is 0 Å². The van der Waals surface area contributed by atoms with Crippen molar-refractivity contribution in [2.45, 2.75) is 37.6 Å². The average molecular weight is 411 g/mol. The van der Waals surface area contributed by atoms with Gasteiger partial charge in [0, 0.05) is 10.4 Å². The normalized spacial score (nSPS) is 12.8. The second kappa shape index (κ2) is 9.34. The number of benzene rings is 1. The molecule has 0 radical (unpaired) electrons. The molecule has 2 N–H and O–H groups in total. The number of carbonyl (C=O) groups is 1. The van der Waals surface area contributed by atoms with E-state index in [1.165, 1.54) is 26.3 Å². The summed E-state index contributed by atoms with van der Waals surface area (Å²) in [4.78, 5) is 13.9. The van der Waals surface area contributed by atoms with E-state index in [1.807, 2.05) is 17.5 Å². The Morgan fingerprint density at radius 1 is 1.22 bits per heavy atom. The molecule has 0 bridgehead atoms. The molecule has 8 heteroatoms. The van der Waals surface area contributed by atoms with Gasteiger partial charge in [0.1, 0.15) is 10.6 Å². The SMILES string of the molecule is CCC(CC)C(NC(=O)c1ccc(OC)c(S(=O)(=O)NC)c1)c1cccs1. The Balaban J connectivity index is 2.37. The molecule has 1 aromatic heterocycles. The molecule has 1 aromatic carbocycles. The van der Waals surface area contributed by atoms with E-state index >= 15 is 0 Å². The van der Waals surface area contributed by atoms with Crippen molar-refractivity contribution >= 4 is 27.3 Å². The van der Waals surface area contributed by atoms with Gasteiger partial charge in [0.05, 0.1) is 13.2 Å². The number of hydrogen-bond acceptors (Lipinski definition) is 5. The van der Waals surface area contributed by atoms with Gasteiger partial charge < -0.3 is 10.1 Å². The summed E-state index contributed by atoms with van der Waals surface area (Å²) in [6.07, 6.45) is 1.86. The van der Waals surface area contributed by atoms with Crippen molar-refractivity contribution in [3.8, 4) is 5.75 Å². The molecule has 0 saturated carbocycles. The fraction of sp³-hybridized carbons (Fsp3) is 0.421. The number of ether oxygens (including phenoxy) is 1. The summed E-state index contributed by atoms with van der Waals surface area (Å²) in [7, 11) is -1.03. The van der Waals surface area contributed by atoms with Gasteiger partial charge in [-0.3, -0.25) is 4.79 Å². The summed E-state index contributed by atoms with van der Waals surface area (Å²) in [5, 5.41) is 5.08. The van der Waals surface area contributed by atoms with Gasteiger partial charge in [-0.2, -0.15) is 0 Å². The maximum absolute atomic E-state index is 12.9. The number of rotatable bonds is 9. The molecule has 2 rings (SSSR count). The van der Waals surface area contributed by atoms with Crippen LogP contribution in [0.3, 0.4) is 0 Å². The van der Waals surface area contributed by atoms with Crippen LogP contribution in [0.2, 0.25) is 0 Å². The van der Waals surface area contributed by atoms with E-state index in [4.69, 9.17) is 4.74 Å². The zero-order valence-electron chi connectivity index (χ0n) is 16.0. The van der Waals surface area contributed by atoms with Crippen LogP contribution in [0.5, 0.6) is 5.75 Å². The maximum atomic E-state index is 12.9. The monoisotopic (exact) mass is 410 g/mol. The first kappa shape index (κ1) is 21.4. The van der Waals surface area contributed by atoms with Gasteiger partial charge in [-0.15, -0.1) is 11.3 Å². The summed E-state index contributed by atoms with van der Waals surface area (Å²) in [5.74, 6) is 0.178. The molecule has 0 aliphatic rings. The van der Waals surface area contributed by atoms with E-state index in [0.717, 1.165) is 17.7 Å². The highest BCUT2D eigenvalue weighted by Crippen LogP contribution is 2.31. The Morgan fingerprint density at radius 2 is 1.93 bits per heavy atom. The molecule has 0 aliphatic carbocycles. The van der Waals surface area contributed by atoms with Crippen molar-refractivity contribution in [2.24, 2.45) is 5.92 Å². The van der Waals surface area contributed by atoms with Crippen LogP contribution in [0.15, 0.2) is 40.6 Å². The molecule has 1 unspecified atom stereocenters. The summed E-state index contributed by atoms with van der Waals surface area (Å²) in [5.41, 5.74) is 0.275. The van der Waals surface area contributed by atoms with E-state index in [-0.39, 0.29) is 28.2 Å². The van der Waals surface area contributed by atoms with E-state index in [2.05, 4.69) is 23.9 Å². The van der Waals surface area contributed by atoms with Crippen LogP contribution in [-0.4, -0.2) is 28.5 Å². The number of sulfonamides is 1. The fourth-order valence-electron chi connectivity index (χ4n) is 3.01. The summed E-state index contributed by atoms with van der Waals surface area (Å²) >= 11 is 1.60. The Kier molecular flexibility index (Phi) is 7.41. The van der Waals surface area contributed by atoms with Gasteiger partial charge in [0.2, 0.25) is 10.0 Å². The molecule has 27 heavy (non-hydrogen) atoms. The lowest BCUT2D eigenvalue weighted by Gasteiger charge is -2.25. The largest absolute Gasteiger partial charge is 0.495 e. The molecule has 1 amide bonds. The van der Waals surface area contributed by atoms with E-state index in [1.54, 1.807) is 17.4 Å². The molecular weight excluding hydrogens is 384 g/mol. The minimum Gasteiger partial charge on any atom is -0.495 e. The molecule has 0 aliphatic heterocycles. The number of amides is 1. The molecule has 0 fully saturated rings. The van der Waals surface area contributed by atoms with Gasteiger partial charge in [-0.1, -0.05) is 32.8 Å².